The molecule has 1 heteroatoms. The number of hydrogen-bond donors (Lipinski definition) is 0. The molecule has 0 spiro atoms. The van der Waals surface area contributed by atoms with E-state index in [1.807, 2.05) is 0 Å². The van der Waals surface area contributed by atoms with Crippen molar-refractivity contribution in [3.05, 3.63) is 23.3 Å². The third-order valence-electron chi connectivity index (χ3n) is 2.89. The molecule has 0 heterocycles. The quantitative estimate of drug-likeness (QED) is 0.379. The molecule has 0 aliphatic heterocycles. The van der Waals surface area contributed by atoms with Crippen LogP contribution in [0.15, 0.2) is 23.3 Å². The van der Waals surface area contributed by atoms with Crippen molar-refractivity contribution in [2.24, 2.45) is 5.92 Å². The Morgan fingerprint density at radius 3 is 2.86 bits per heavy atom. The number of allylic oxidation sites excluding steroid dienone is 4. The van der Waals surface area contributed by atoms with E-state index in [9.17, 15) is 4.79 Å². The monoisotopic (exact) mass is 192 g/mol. The molecular formula is C13H20O. The van der Waals surface area contributed by atoms with Crippen LogP contribution in [0.2, 0.25) is 0 Å². The molecule has 1 rings (SSSR count). The summed E-state index contributed by atoms with van der Waals surface area (Å²) >= 11 is 0. The molecule has 1 atom stereocenters. The summed E-state index contributed by atoms with van der Waals surface area (Å²) in [6.45, 7) is 4.26. The Morgan fingerprint density at radius 2 is 2.21 bits per heavy atom. The molecule has 1 aliphatic carbocycles. The van der Waals surface area contributed by atoms with Crippen molar-refractivity contribution in [1.82, 2.24) is 0 Å². The van der Waals surface area contributed by atoms with Crippen LogP contribution in [-0.2, 0) is 4.79 Å². The van der Waals surface area contributed by atoms with Crippen LogP contribution in [0.4, 0.5) is 0 Å². The number of hydrogen-bond acceptors (Lipinski definition) is 1. The van der Waals surface area contributed by atoms with Gasteiger partial charge in [-0.15, -0.1) is 0 Å². The van der Waals surface area contributed by atoms with Gasteiger partial charge in [0, 0.05) is 0 Å². The number of carbonyl (C=O) groups is 1. The Labute approximate surface area is 86.9 Å². The fourth-order valence-electron chi connectivity index (χ4n) is 2.06. The van der Waals surface area contributed by atoms with E-state index in [0.717, 1.165) is 19.1 Å². The number of aldehydes is 1. The highest BCUT2D eigenvalue weighted by molar-refractivity contribution is 5.66. The lowest BCUT2D eigenvalue weighted by Gasteiger charge is -2.24. The summed E-state index contributed by atoms with van der Waals surface area (Å²) in [4.78, 5) is 10.5. The van der Waals surface area contributed by atoms with E-state index in [1.54, 1.807) is 6.08 Å². The zero-order valence-electron chi connectivity index (χ0n) is 9.25. The SMILES string of the molecule is CC(C)=CCC1CCCC/C1=C/C=O. The molecule has 1 aliphatic rings. The van der Waals surface area contributed by atoms with Crippen LogP contribution >= 0.6 is 0 Å². The number of carbonyl (C=O) groups excluding carboxylic acids is 1. The van der Waals surface area contributed by atoms with Crippen LogP contribution < -0.4 is 0 Å². The zero-order chi connectivity index (χ0) is 10.4. The summed E-state index contributed by atoms with van der Waals surface area (Å²) in [5.74, 6) is 0.629. The summed E-state index contributed by atoms with van der Waals surface area (Å²) in [5.41, 5.74) is 2.74. The van der Waals surface area contributed by atoms with E-state index >= 15 is 0 Å². The molecule has 1 nitrogen and oxygen atoms in total. The fourth-order valence-corrected chi connectivity index (χ4v) is 2.06. The highest BCUT2D eigenvalue weighted by Gasteiger charge is 2.17. The van der Waals surface area contributed by atoms with Gasteiger partial charge >= 0.3 is 0 Å². The average Bonchev–Trinajstić information content (AvgIpc) is 2.17. The lowest BCUT2D eigenvalue weighted by atomic mass is 9.82. The zero-order valence-corrected chi connectivity index (χ0v) is 9.25. The van der Waals surface area contributed by atoms with E-state index in [1.165, 1.54) is 30.4 Å². The molecule has 0 N–H and O–H groups in total. The van der Waals surface area contributed by atoms with Crippen molar-refractivity contribution in [2.75, 3.05) is 0 Å². The van der Waals surface area contributed by atoms with Crippen molar-refractivity contribution >= 4 is 6.29 Å². The molecule has 1 fully saturated rings. The van der Waals surface area contributed by atoms with E-state index in [2.05, 4.69) is 19.9 Å². The number of rotatable bonds is 3. The van der Waals surface area contributed by atoms with Crippen LogP contribution in [-0.4, -0.2) is 6.29 Å². The first kappa shape index (κ1) is 11.2. The Bertz CT molecular complexity index is 244. The summed E-state index contributed by atoms with van der Waals surface area (Å²) < 4.78 is 0. The normalized spacial score (nSPS) is 24.7. The van der Waals surface area contributed by atoms with Crippen LogP contribution in [0.5, 0.6) is 0 Å². The van der Waals surface area contributed by atoms with Crippen molar-refractivity contribution in [3.63, 3.8) is 0 Å². The maximum absolute atomic E-state index is 10.5. The Morgan fingerprint density at radius 1 is 1.43 bits per heavy atom. The standard InChI is InChI=1S/C13H20O/c1-11(2)7-8-12-5-3-4-6-13(12)9-10-14/h7,9-10,12H,3-6,8H2,1-2H3/b13-9-. The smallest absolute Gasteiger partial charge is 0.142 e. The van der Waals surface area contributed by atoms with Gasteiger partial charge in [-0.1, -0.05) is 23.6 Å². The molecule has 14 heavy (non-hydrogen) atoms. The minimum absolute atomic E-state index is 0.629. The molecule has 0 saturated heterocycles. The van der Waals surface area contributed by atoms with Crippen molar-refractivity contribution in [2.45, 2.75) is 46.0 Å². The third-order valence-corrected chi connectivity index (χ3v) is 2.89. The van der Waals surface area contributed by atoms with Crippen molar-refractivity contribution in [3.8, 4) is 0 Å². The minimum Gasteiger partial charge on any atom is -0.299 e. The molecule has 78 valence electrons. The summed E-state index contributed by atoms with van der Waals surface area (Å²) in [5, 5.41) is 0. The average molecular weight is 192 g/mol. The van der Waals surface area contributed by atoms with Gasteiger partial charge in [0.25, 0.3) is 0 Å². The highest BCUT2D eigenvalue weighted by Crippen LogP contribution is 2.31. The molecule has 0 amide bonds. The van der Waals surface area contributed by atoms with Crippen LogP contribution in [0.25, 0.3) is 0 Å². The van der Waals surface area contributed by atoms with Gasteiger partial charge in [-0.05, 0) is 51.5 Å². The topological polar surface area (TPSA) is 17.1 Å². The second-order valence-corrected chi connectivity index (χ2v) is 4.34. The van der Waals surface area contributed by atoms with Gasteiger partial charge in [-0.2, -0.15) is 0 Å². The first-order valence-corrected chi connectivity index (χ1v) is 5.51. The molecule has 0 aromatic heterocycles. The van der Waals surface area contributed by atoms with Crippen molar-refractivity contribution in [1.29, 1.82) is 0 Å². The van der Waals surface area contributed by atoms with E-state index in [4.69, 9.17) is 0 Å². The van der Waals surface area contributed by atoms with Gasteiger partial charge in [0.2, 0.25) is 0 Å². The summed E-state index contributed by atoms with van der Waals surface area (Å²) in [6, 6.07) is 0. The first-order valence-electron chi connectivity index (χ1n) is 5.51. The minimum atomic E-state index is 0.629. The predicted octanol–water partition coefficient (Wildman–Crippen LogP) is 3.66. The van der Waals surface area contributed by atoms with Crippen LogP contribution in [0, 0.1) is 5.92 Å². The Hall–Kier alpha value is -0.850. The lowest BCUT2D eigenvalue weighted by Crippen LogP contribution is -2.09. The van der Waals surface area contributed by atoms with Crippen LogP contribution in [0.1, 0.15) is 46.0 Å². The lowest BCUT2D eigenvalue weighted by molar-refractivity contribution is -0.104. The van der Waals surface area contributed by atoms with Gasteiger partial charge in [0.05, 0.1) is 0 Å². The summed E-state index contributed by atoms with van der Waals surface area (Å²) in [7, 11) is 0. The van der Waals surface area contributed by atoms with E-state index in [0.29, 0.717) is 5.92 Å². The van der Waals surface area contributed by atoms with Gasteiger partial charge in [-0.3, -0.25) is 4.79 Å². The van der Waals surface area contributed by atoms with Gasteiger partial charge in [0.15, 0.2) is 0 Å². The Kier molecular flexibility index (Phi) is 4.64. The molecule has 0 aromatic rings. The maximum Gasteiger partial charge on any atom is 0.142 e. The second kappa shape index (κ2) is 5.79. The second-order valence-electron chi connectivity index (χ2n) is 4.34. The van der Waals surface area contributed by atoms with Gasteiger partial charge in [0.1, 0.15) is 6.29 Å². The summed E-state index contributed by atoms with van der Waals surface area (Å²) in [6.07, 6.45) is 11.1. The third kappa shape index (κ3) is 3.49. The molecule has 0 aromatic carbocycles. The van der Waals surface area contributed by atoms with E-state index < -0.39 is 0 Å². The van der Waals surface area contributed by atoms with Crippen LogP contribution in [0.3, 0.4) is 0 Å². The molecule has 0 bridgehead atoms. The molecule has 1 unspecified atom stereocenters. The van der Waals surface area contributed by atoms with Gasteiger partial charge < -0.3 is 0 Å². The van der Waals surface area contributed by atoms with E-state index in [-0.39, 0.29) is 0 Å². The molecule has 1 saturated carbocycles. The van der Waals surface area contributed by atoms with Crippen molar-refractivity contribution < 1.29 is 4.79 Å². The predicted molar refractivity (Wildman–Crippen MR) is 60.2 cm³/mol. The molecular weight excluding hydrogens is 172 g/mol. The maximum atomic E-state index is 10.5. The highest BCUT2D eigenvalue weighted by atomic mass is 16.1. The molecule has 0 radical (unpaired) electrons. The largest absolute Gasteiger partial charge is 0.299 e. The first-order chi connectivity index (χ1) is 6.74. The Balaban J connectivity index is 2.59. The fraction of sp³-hybridized carbons (Fsp3) is 0.615. The van der Waals surface area contributed by atoms with Gasteiger partial charge in [-0.25, -0.2) is 0 Å².